The topological polar surface area (TPSA) is 53.2 Å². The highest BCUT2D eigenvalue weighted by atomic mass is 16.5. The zero-order valence-electron chi connectivity index (χ0n) is 9.21. The molecule has 1 aliphatic heterocycles. The first-order chi connectivity index (χ1) is 6.50. The predicted molar refractivity (Wildman–Crippen MR) is 53.6 cm³/mol. The van der Waals surface area contributed by atoms with Gasteiger partial charge < -0.3 is 9.84 Å². The lowest BCUT2D eigenvalue weighted by molar-refractivity contribution is -0.0840. The van der Waals surface area contributed by atoms with Crippen LogP contribution in [0.4, 0.5) is 0 Å². The molecule has 0 amide bonds. The Balaban J connectivity index is 2.93. The van der Waals surface area contributed by atoms with E-state index in [-0.39, 0.29) is 5.92 Å². The van der Waals surface area contributed by atoms with Gasteiger partial charge in [-0.25, -0.2) is 0 Å². The zero-order chi connectivity index (χ0) is 10.8. The molecule has 0 radical (unpaired) electrons. The van der Waals surface area contributed by atoms with Gasteiger partial charge >= 0.3 is 0 Å². The van der Waals surface area contributed by atoms with Gasteiger partial charge in [-0.15, -0.1) is 0 Å². The van der Waals surface area contributed by atoms with E-state index < -0.39 is 11.0 Å². The van der Waals surface area contributed by atoms with E-state index in [1.54, 1.807) is 6.92 Å². The van der Waals surface area contributed by atoms with Crippen LogP contribution in [0.25, 0.3) is 0 Å². The van der Waals surface area contributed by atoms with E-state index in [2.05, 4.69) is 6.07 Å². The minimum atomic E-state index is -0.951. The molecule has 1 rings (SSSR count). The summed E-state index contributed by atoms with van der Waals surface area (Å²) in [6.45, 7) is 6.72. The average molecular weight is 197 g/mol. The van der Waals surface area contributed by atoms with Crippen LogP contribution in [-0.4, -0.2) is 23.9 Å². The number of hydrogen-bond donors (Lipinski definition) is 1. The summed E-state index contributed by atoms with van der Waals surface area (Å²) in [5, 5.41) is 19.6. The summed E-state index contributed by atoms with van der Waals surface area (Å²) in [5.41, 5.74) is -1.66. The van der Waals surface area contributed by atoms with Gasteiger partial charge in [0.1, 0.15) is 5.41 Å². The van der Waals surface area contributed by atoms with Crippen molar-refractivity contribution in [2.75, 3.05) is 13.2 Å². The van der Waals surface area contributed by atoms with Crippen LogP contribution < -0.4 is 0 Å². The van der Waals surface area contributed by atoms with Crippen molar-refractivity contribution in [3.63, 3.8) is 0 Å². The van der Waals surface area contributed by atoms with Crippen molar-refractivity contribution in [2.45, 2.75) is 39.2 Å². The monoisotopic (exact) mass is 197 g/mol. The highest BCUT2D eigenvalue weighted by molar-refractivity contribution is 5.13. The van der Waals surface area contributed by atoms with Crippen molar-refractivity contribution in [1.29, 1.82) is 5.26 Å². The van der Waals surface area contributed by atoms with Crippen LogP contribution in [-0.2, 0) is 4.74 Å². The Hall–Kier alpha value is -0.590. The highest BCUT2D eigenvalue weighted by Crippen LogP contribution is 2.43. The van der Waals surface area contributed by atoms with Gasteiger partial charge in [0, 0.05) is 6.61 Å². The first-order valence-electron chi connectivity index (χ1n) is 5.21. The lowest BCUT2D eigenvalue weighted by Crippen LogP contribution is -2.50. The summed E-state index contributed by atoms with van der Waals surface area (Å²) in [4.78, 5) is 0. The molecule has 1 fully saturated rings. The third-order valence-electron chi connectivity index (χ3n) is 3.78. The lowest BCUT2D eigenvalue weighted by Gasteiger charge is -2.40. The summed E-state index contributed by atoms with van der Waals surface area (Å²) in [7, 11) is 0. The molecule has 0 saturated carbocycles. The molecule has 3 heteroatoms. The molecule has 0 aromatic rings. The van der Waals surface area contributed by atoms with Crippen molar-refractivity contribution >= 4 is 0 Å². The average Bonchev–Trinajstić information content (AvgIpc) is 2.66. The van der Waals surface area contributed by atoms with Crippen LogP contribution in [0, 0.1) is 22.7 Å². The van der Waals surface area contributed by atoms with Gasteiger partial charge in [0.15, 0.2) is 0 Å². The van der Waals surface area contributed by atoms with E-state index in [9.17, 15) is 10.4 Å². The van der Waals surface area contributed by atoms with Crippen LogP contribution in [0.1, 0.15) is 33.6 Å². The predicted octanol–water partition coefficient (Wildman–Crippen LogP) is 1.71. The molecule has 0 aromatic carbocycles. The Morgan fingerprint density at radius 2 is 2.36 bits per heavy atom. The normalized spacial score (nSPS) is 33.4. The highest BCUT2D eigenvalue weighted by Gasteiger charge is 2.52. The van der Waals surface area contributed by atoms with Crippen molar-refractivity contribution in [3.05, 3.63) is 0 Å². The van der Waals surface area contributed by atoms with Gasteiger partial charge in [-0.3, -0.25) is 0 Å². The molecule has 0 aromatic heterocycles. The zero-order valence-corrected chi connectivity index (χ0v) is 9.21. The van der Waals surface area contributed by atoms with Crippen LogP contribution in [0.15, 0.2) is 0 Å². The minimum absolute atomic E-state index is 0.115. The van der Waals surface area contributed by atoms with Gasteiger partial charge in [0.2, 0.25) is 0 Å². The Labute approximate surface area is 85.7 Å². The molecule has 1 saturated heterocycles. The minimum Gasteiger partial charge on any atom is -0.388 e. The molecule has 0 aliphatic carbocycles. The van der Waals surface area contributed by atoms with Crippen molar-refractivity contribution < 1.29 is 9.84 Å². The quantitative estimate of drug-likeness (QED) is 0.749. The van der Waals surface area contributed by atoms with Crippen LogP contribution in [0.2, 0.25) is 0 Å². The van der Waals surface area contributed by atoms with Gasteiger partial charge in [0.05, 0.1) is 18.3 Å². The number of rotatable bonds is 3. The maximum absolute atomic E-state index is 10.4. The second-order valence-electron chi connectivity index (χ2n) is 4.45. The molecule has 14 heavy (non-hydrogen) atoms. The molecule has 1 heterocycles. The third-order valence-corrected chi connectivity index (χ3v) is 3.78. The Bertz CT molecular complexity index is 236. The SMILES string of the molecule is CCC(C)C(C)(O)C1(C#N)CCOC1. The van der Waals surface area contributed by atoms with Crippen molar-refractivity contribution in [1.82, 2.24) is 0 Å². The molecule has 80 valence electrons. The Kier molecular flexibility index (Phi) is 3.18. The number of ether oxygens (including phenoxy) is 1. The maximum Gasteiger partial charge on any atom is 0.111 e. The van der Waals surface area contributed by atoms with Crippen LogP contribution >= 0.6 is 0 Å². The number of nitriles is 1. The Morgan fingerprint density at radius 3 is 2.71 bits per heavy atom. The second kappa shape index (κ2) is 3.88. The first-order valence-corrected chi connectivity index (χ1v) is 5.21. The Morgan fingerprint density at radius 1 is 1.71 bits per heavy atom. The van der Waals surface area contributed by atoms with Gasteiger partial charge in [-0.1, -0.05) is 20.3 Å². The van der Waals surface area contributed by atoms with E-state index in [1.165, 1.54) is 0 Å². The maximum atomic E-state index is 10.4. The fraction of sp³-hybridized carbons (Fsp3) is 0.909. The smallest absolute Gasteiger partial charge is 0.111 e. The first kappa shape index (κ1) is 11.5. The molecular weight excluding hydrogens is 178 g/mol. The van der Waals surface area contributed by atoms with E-state index >= 15 is 0 Å². The van der Waals surface area contributed by atoms with Crippen LogP contribution in [0.3, 0.4) is 0 Å². The standard InChI is InChI=1S/C11H19NO2/c1-4-9(2)10(3,13)11(7-12)5-6-14-8-11/h9,13H,4-6,8H2,1-3H3. The molecule has 1 aliphatic rings. The van der Waals surface area contributed by atoms with E-state index in [1.807, 2.05) is 13.8 Å². The molecule has 3 nitrogen and oxygen atoms in total. The number of aliphatic hydroxyl groups is 1. The van der Waals surface area contributed by atoms with Gasteiger partial charge in [0.25, 0.3) is 0 Å². The lowest BCUT2D eigenvalue weighted by atomic mass is 9.67. The molecule has 0 bridgehead atoms. The fourth-order valence-corrected chi connectivity index (χ4v) is 2.03. The fourth-order valence-electron chi connectivity index (χ4n) is 2.03. The largest absolute Gasteiger partial charge is 0.388 e. The van der Waals surface area contributed by atoms with E-state index in [4.69, 9.17) is 4.74 Å². The second-order valence-corrected chi connectivity index (χ2v) is 4.45. The van der Waals surface area contributed by atoms with Crippen molar-refractivity contribution in [2.24, 2.45) is 11.3 Å². The number of hydrogen-bond acceptors (Lipinski definition) is 3. The molecule has 3 atom stereocenters. The summed E-state index contributed by atoms with van der Waals surface area (Å²) >= 11 is 0. The summed E-state index contributed by atoms with van der Waals surface area (Å²) in [5.74, 6) is 0.115. The van der Waals surface area contributed by atoms with Gasteiger partial charge in [-0.2, -0.15) is 5.26 Å². The third kappa shape index (κ3) is 1.53. The summed E-state index contributed by atoms with van der Waals surface area (Å²) in [6, 6.07) is 2.26. The molecular formula is C11H19NO2. The van der Waals surface area contributed by atoms with Crippen molar-refractivity contribution in [3.8, 4) is 6.07 Å². The van der Waals surface area contributed by atoms with E-state index in [0.717, 1.165) is 6.42 Å². The van der Waals surface area contributed by atoms with Crippen LogP contribution in [0.5, 0.6) is 0 Å². The molecule has 1 N–H and O–H groups in total. The van der Waals surface area contributed by atoms with Gasteiger partial charge in [-0.05, 0) is 19.3 Å². The summed E-state index contributed by atoms with van der Waals surface area (Å²) in [6.07, 6.45) is 1.51. The molecule has 0 spiro atoms. The summed E-state index contributed by atoms with van der Waals surface area (Å²) < 4.78 is 5.25. The molecule has 3 unspecified atom stereocenters. The van der Waals surface area contributed by atoms with E-state index in [0.29, 0.717) is 19.6 Å². The number of nitrogens with zero attached hydrogens (tertiary/aromatic N) is 1.